The molecule has 1 saturated heterocycles. The standard InChI is InChI=1S/C18H17NO/c20-18(13-6-2-1-3-7-13)19-11-14-10-15(12-19)17-9-5-4-8-16(14)17/h1-9,14-15H,10-12H2. The number of fused-ring (bicyclic) bond motifs is 5. The number of nitrogens with zero attached hydrogens (tertiary/aromatic N) is 1. The SMILES string of the molecule is O=C(c1ccccc1)N1CC2CC(C1)c1ccccc12. The summed E-state index contributed by atoms with van der Waals surface area (Å²) >= 11 is 0. The van der Waals surface area contributed by atoms with Crippen molar-refractivity contribution in [2.75, 3.05) is 13.1 Å². The van der Waals surface area contributed by atoms with Crippen LogP contribution >= 0.6 is 0 Å². The average Bonchev–Trinajstić information content (AvgIpc) is 2.79. The second-order valence-electron chi connectivity index (χ2n) is 5.83. The molecule has 1 fully saturated rings. The summed E-state index contributed by atoms with van der Waals surface area (Å²) in [5.74, 6) is 1.23. The number of amides is 1. The first-order chi connectivity index (χ1) is 9.83. The summed E-state index contributed by atoms with van der Waals surface area (Å²) < 4.78 is 0. The van der Waals surface area contributed by atoms with Crippen LogP contribution in [-0.4, -0.2) is 23.9 Å². The summed E-state index contributed by atoms with van der Waals surface area (Å²) in [6, 6.07) is 18.3. The summed E-state index contributed by atoms with van der Waals surface area (Å²) in [6.45, 7) is 1.72. The Morgan fingerprint density at radius 1 is 0.850 bits per heavy atom. The van der Waals surface area contributed by atoms with Crippen LogP contribution in [0.25, 0.3) is 0 Å². The Balaban J connectivity index is 1.62. The maximum atomic E-state index is 12.6. The highest BCUT2D eigenvalue weighted by molar-refractivity contribution is 5.94. The Hall–Kier alpha value is -2.09. The predicted molar refractivity (Wildman–Crippen MR) is 78.9 cm³/mol. The average molecular weight is 263 g/mol. The molecule has 0 radical (unpaired) electrons. The van der Waals surface area contributed by atoms with Crippen LogP contribution < -0.4 is 0 Å². The molecule has 2 heteroatoms. The van der Waals surface area contributed by atoms with Crippen molar-refractivity contribution in [1.29, 1.82) is 0 Å². The van der Waals surface area contributed by atoms with Gasteiger partial charge in [-0.25, -0.2) is 0 Å². The largest absolute Gasteiger partial charge is 0.337 e. The first-order valence-electron chi connectivity index (χ1n) is 7.26. The van der Waals surface area contributed by atoms with Crippen molar-refractivity contribution in [3.63, 3.8) is 0 Å². The van der Waals surface area contributed by atoms with Gasteiger partial charge in [-0.15, -0.1) is 0 Å². The molecule has 0 N–H and O–H groups in total. The molecule has 2 aromatic carbocycles. The summed E-state index contributed by atoms with van der Waals surface area (Å²) in [5, 5.41) is 0. The molecule has 1 heterocycles. The maximum Gasteiger partial charge on any atom is 0.253 e. The zero-order valence-corrected chi connectivity index (χ0v) is 11.3. The third-order valence-electron chi connectivity index (χ3n) is 4.63. The first kappa shape index (κ1) is 11.7. The molecule has 0 spiro atoms. The lowest BCUT2D eigenvalue weighted by molar-refractivity contribution is 0.0702. The molecule has 2 unspecified atom stereocenters. The molecule has 2 bridgehead atoms. The molecule has 20 heavy (non-hydrogen) atoms. The van der Waals surface area contributed by atoms with Crippen molar-refractivity contribution in [2.24, 2.45) is 0 Å². The Morgan fingerprint density at radius 3 is 2.00 bits per heavy atom. The number of hydrogen-bond donors (Lipinski definition) is 0. The van der Waals surface area contributed by atoms with Crippen LogP contribution in [0.4, 0.5) is 0 Å². The summed E-state index contributed by atoms with van der Waals surface area (Å²) in [7, 11) is 0. The van der Waals surface area contributed by atoms with Crippen molar-refractivity contribution >= 4 is 5.91 Å². The van der Waals surface area contributed by atoms with Crippen molar-refractivity contribution < 1.29 is 4.79 Å². The van der Waals surface area contributed by atoms with Gasteiger partial charge >= 0.3 is 0 Å². The highest BCUT2D eigenvalue weighted by atomic mass is 16.2. The van der Waals surface area contributed by atoms with Crippen LogP contribution in [0.3, 0.4) is 0 Å². The molecule has 4 rings (SSSR count). The Kier molecular flexibility index (Phi) is 2.62. The third-order valence-corrected chi connectivity index (χ3v) is 4.63. The number of hydrogen-bond acceptors (Lipinski definition) is 1. The minimum absolute atomic E-state index is 0.174. The number of carbonyl (C=O) groups excluding carboxylic acids is 1. The van der Waals surface area contributed by atoms with Crippen LogP contribution in [-0.2, 0) is 0 Å². The molecule has 0 aromatic heterocycles. The fourth-order valence-corrected chi connectivity index (χ4v) is 3.73. The summed E-state index contributed by atoms with van der Waals surface area (Å²) in [6.07, 6.45) is 1.21. The van der Waals surface area contributed by atoms with Crippen LogP contribution in [0, 0.1) is 0 Å². The van der Waals surface area contributed by atoms with E-state index in [2.05, 4.69) is 24.3 Å². The highest BCUT2D eigenvalue weighted by Crippen LogP contribution is 2.45. The van der Waals surface area contributed by atoms with E-state index in [0.29, 0.717) is 11.8 Å². The number of carbonyl (C=O) groups is 1. The Bertz CT molecular complexity index is 618. The minimum atomic E-state index is 0.174. The molecule has 2 aliphatic rings. The molecular weight excluding hydrogens is 246 g/mol. The van der Waals surface area contributed by atoms with Crippen LogP contribution in [0.2, 0.25) is 0 Å². The molecule has 0 saturated carbocycles. The summed E-state index contributed by atoms with van der Waals surface area (Å²) in [5.41, 5.74) is 3.72. The van der Waals surface area contributed by atoms with Crippen molar-refractivity contribution in [2.45, 2.75) is 18.3 Å². The zero-order chi connectivity index (χ0) is 13.5. The number of rotatable bonds is 1. The topological polar surface area (TPSA) is 20.3 Å². The highest BCUT2D eigenvalue weighted by Gasteiger charge is 2.38. The van der Waals surface area contributed by atoms with Gasteiger partial charge in [0.15, 0.2) is 0 Å². The van der Waals surface area contributed by atoms with E-state index in [1.807, 2.05) is 35.2 Å². The third kappa shape index (κ3) is 1.75. The van der Waals surface area contributed by atoms with Gasteiger partial charge in [0.1, 0.15) is 0 Å². The number of likely N-dealkylation sites (tertiary alicyclic amines) is 1. The van der Waals surface area contributed by atoms with E-state index in [4.69, 9.17) is 0 Å². The molecule has 2 nitrogen and oxygen atoms in total. The van der Waals surface area contributed by atoms with E-state index in [0.717, 1.165) is 18.7 Å². The molecule has 2 aromatic rings. The Labute approximate surface area is 119 Å². The minimum Gasteiger partial charge on any atom is -0.337 e. The van der Waals surface area contributed by atoms with E-state index in [1.165, 1.54) is 17.5 Å². The van der Waals surface area contributed by atoms with Crippen LogP contribution in [0.5, 0.6) is 0 Å². The lowest BCUT2D eigenvalue weighted by atomic mass is 9.95. The fraction of sp³-hybridized carbons (Fsp3) is 0.278. The molecule has 1 aliphatic carbocycles. The van der Waals surface area contributed by atoms with Crippen LogP contribution in [0.15, 0.2) is 54.6 Å². The molecule has 100 valence electrons. The van der Waals surface area contributed by atoms with Crippen molar-refractivity contribution in [3.8, 4) is 0 Å². The first-order valence-corrected chi connectivity index (χ1v) is 7.26. The summed E-state index contributed by atoms with van der Waals surface area (Å²) in [4.78, 5) is 14.6. The van der Waals surface area contributed by atoms with E-state index in [-0.39, 0.29) is 5.91 Å². The predicted octanol–water partition coefficient (Wildman–Crippen LogP) is 3.41. The second kappa shape index (κ2) is 4.48. The molecule has 1 aliphatic heterocycles. The van der Waals surface area contributed by atoms with Gasteiger partial charge in [-0.2, -0.15) is 0 Å². The van der Waals surface area contributed by atoms with Crippen molar-refractivity contribution in [1.82, 2.24) is 4.90 Å². The quantitative estimate of drug-likeness (QED) is 0.772. The van der Waals surface area contributed by atoms with Gasteiger partial charge in [-0.1, -0.05) is 42.5 Å². The van der Waals surface area contributed by atoms with E-state index >= 15 is 0 Å². The van der Waals surface area contributed by atoms with Gasteiger partial charge in [0.25, 0.3) is 5.91 Å². The molecule has 2 atom stereocenters. The Morgan fingerprint density at radius 2 is 1.40 bits per heavy atom. The lowest BCUT2D eigenvalue weighted by Gasteiger charge is -2.32. The van der Waals surface area contributed by atoms with Crippen molar-refractivity contribution in [3.05, 3.63) is 71.3 Å². The zero-order valence-electron chi connectivity index (χ0n) is 11.3. The monoisotopic (exact) mass is 263 g/mol. The van der Waals surface area contributed by atoms with E-state index in [9.17, 15) is 4.79 Å². The number of piperidine rings is 1. The lowest BCUT2D eigenvalue weighted by Crippen LogP contribution is -2.39. The molecule has 1 amide bonds. The number of benzene rings is 2. The normalized spacial score (nSPS) is 23.5. The van der Waals surface area contributed by atoms with Gasteiger partial charge in [0.2, 0.25) is 0 Å². The second-order valence-corrected chi connectivity index (χ2v) is 5.83. The van der Waals surface area contributed by atoms with E-state index < -0.39 is 0 Å². The van der Waals surface area contributed by atoms with Gasteiger partial charge < -0.3 is 4.90 Å². The van der Waals surface area contributed by atoms with E-state index in [1.54, 1.807) is 0 Å². The maximum absolute atomic E-state index is 12.6. The van der Waals surface area contributed by atoms with Gasteiger partial charge in [-0.05, 0) is 29.7 Å². The van der Waals surface area contributed by atoms with Crippen LogP contribution in [0.1, 0.15) is 39.7 Å². The van der Waals surface area contributed by atoms with Gasteiger partial charge in [0, 0.05) is 30.5 Å². The van der Waals surface area contributed by atoms with Gasteiger partial charge in [0.05, 0.1) is 0 Å². The van der Waals surface area contributed by atoms with Gasteiger partial charge in [-0.3, -0.25) is 4.79 Å². The fourth-order valence-electron chi connectivity index (χ4n) is 3.73. The smallest absolute Gasteiger partial charge is 0.253 e. The molecular formula is C18H17NO.